The standard InChI is InChI=1S/C21H28N2O3/c1-17-9-10-20(26-17)16-23(12-11-18-6-3-2-4-7-18)21(24)15-22-14-19-8-5-13-25-19/h2-4,6-7,9-10,19,22H,5,8,11-16H2,1H3. The van der Waals surface area contributed by atoms with E-state index in [1.807, 2.05) is 42.2 Å². The van der Waals surface area contributed by atoms with Gasteiger partial charge in [0, 0.05) is 19.7 Å². The highest BCUT2D eigenvalue weighted by Gasteiger charge is 2.18. The van der Waals surface area contributed by atoms with Crippen molar-refractivity contribution in [2.75, 3.05) is 26.2 Å². The van der Waals surface area contributed by atoms with Crippen molar-refractivity contribution < 1.29 is 13.9 Å². The number of hydrogen-bond donors (Lipinski definition) is 1. The van der Waals surface area contributed by atoms with Crippen molar-refractivity contribution in [1.82, 2.24) is 10.2 Å². The Morgan fingerprint density at radius 2 is 2.08 bits per heavy atom. The first-order valence-electron chi connectivity index (χ1n) is 9.40. The molecule has 1 amide bonds. The summed E-state index contributed by atoms with van der Waals surface area (Å²) >= 11 is 0. The van der Waals surface area contributed by atoms with Crippen molar-refractivity contribution in [3.63, 3.8) is 0 Å². The van der Waals surface area contributed by atoms with Crippen molar-refractivity contribution >= 4 is 5.91 Å². The fourth-order valence-electron chi connectivity index (χ4n) is 3.22. The largest absolute Gasteiger partial charge is 0.464 e. The smallest absolute Gasteiger partial charge is 0.236 e. The molecule has 2 heterocycles. The van der Waals surface area contributed by atoms with Gasteiger partial charge in [-0.15, -0.1) is 0 Å². The number of furan rings is 1. The minimum Gasteiger partial charge on any atom is -0.464 e. The van der Waals surface area contributed by atoms with Crippen LogP contribution < -0.4 is 5.32 Å². The van der Waals surface area contributed by atoms with Crippen LogP contribution in [0.2, 0.25) is 0 Å². The highest BCUT2D eigenvalue weighted by molar-refractivity contribution is 5.78. The van der Waals surface area contributed by atoms with E-state index in [4.69, 9.17) is 9.15 Å². The SMILES string of the molecule is Cc1ccc(CN(CCc2ccccc2)C(=O)CNCC2CCCO2)o1. The van der Waals surface area contributed by atoms with Crippen LogP contribution >= 0.6 is 0 Å². The molecule has 1 aliphatic heterocycles. The van der Waals surface area contributed by atoms with Gasteiger partial charge in [-0.1, -0.05) is 30.3 Å². The molecule has 0 aliphatic carbocycles. The Balaban J connectivity index is 1.54. The van der Waals surface area contributed by atoms with Crippen LogP contribution in [0, 0.1) is 6.92 Å². The van der Waals surface area contributed by atoms with Gasteiger partial charge in [0.2, 0.25) is 5.91 Å². The predicted octanol–water partition coefficient (Wildman–Crippen LogP) is 2.93. The molecule has 3 rings (SSSR count). The fourth-order valence-corrected chi connectivity index (χ4v) is 3.22. The first kappa shape index (κ1) is 18.7. The van der Waals surface area contributed by atoms with E-state index >= 15 is 0 Å². The van der Waals surface area contributed by atoms with Gasteiger partial charge < -0.3 is 19.4 Å². The number of rotatable bonds is 9. The van der Waals surface area contributed by atoms with Crippen molar-refractivity contribution in [2.24, 2.45) is 0 Å². The van der Waals surface area contributed by atoms with E-state index in [1.165, 1.54) is 5.56 Å². The molecule has 1 aromatic heterocycles. The third-order valence-electron chi connectivity index (χ3n) is 4.68. The van der Waals surface area contributed by atoms with Crippen molar-refractivity contribution in [2.45, 2.75) is 38.8 Å². The zero-order valence-corrected chi connectivity index (χ0v) is 15.4. The van der Waals surface area contributed by atoms with E-state index in [9.17, 15) is 4.79 Å². The van der Waals surface area contributed by atoms with Crippen LogP contribution in [0.25, 0.3) is 0 Å². The summed E-state index contributed by atoms with van der Waals surface area (Å²) in [4.78, 5) is 14.6. The van der Waals surface area contributed by atoms with Gasteiger partial charge in [0.15, 0.2) is 0 Å². The summed E-state index contributed by atoms with van der Waals surface area (Å²) in [5.41, 5.74) is 1.23. The van der Waals surface area contributed by atoms with Crippen LogP contribution in [0.1, 0.15) is 29.9 Å². The molecule has 1 aliphatic rings. The normalized spacial score (nSPS) is 16.7. The third-order valence-corrected chi connectivity index (χ3v) is 4.68. The Hall–Kier alpha value is -2.11. The van der Waals surface area contributed by atoms with Gasteiger partial charge in [0.25, 0.3) is 0 Å². The molecule has 1 atom stereocenters. The number of ether oxygens (including phenoxy) is 1. The van der Waals surface area contributed by atoms with Gasteiger partial charge in [-0.05, 0) is 43.9 Å². The van der Waals surface area contributed by atoms with E-state index < -0.39 is 0 Å². The van der Waals surface area contributed by atoms with E-state index in [1.54, 1.807) is 0 Å². The summed E-state index contributed by atoms with van der Waals surface area (Å²) in [5, 5.41) is 3.25. The average Bonchev–Trinajstić information content (AvgIpc) is 3.31. The lowest BCUT2D eigenvalue weighted by atomic mass is 10.1. The van der Waals surface area contributed by atoms with Gasteiger partial charge in [-0.2, -0.15) is 0 Å². The molecule has 2 aromatic rings. The second-order valence-electron chi connectivity index (χ2n) is 6.83. The van der Waals surface area contributed by atoms with Crippen LogP contribution in [0.5, 0.6) is 0 Å². The monoisotopic (exact) mass is 356 g/mol. The van der Waals surface area contributed by atoms with Gasteiger partial charge in [0.05, 0.1) is 19.2 Å². The molecule has 140 valence electrons. The highest BCUT2D eigenvalue weighted by atomic mass is 16.5. The van der Waals surface area contributed by atoms with Gasteiger partial charge in [0.1, 0.15) is 11.5 Å². The minimum atomic E-state index is 0.0907. The van der Waals surface area contributed by atoms with Gasteiger partial charge in [-0.3, -0.25) is 4.79 Å². The number of hydrogen-bond acceptors (Lipinski definition) is 4. The molecule has 0 radical (unpaired) electrons. The number of benzene rings is 1. The quantitative estimate of drug-likeness (QED) is 0.751. The second-order valence-corrected chi connectivity index (χ2v) is 6.83. The van der Waals surface area contributed by atoms with E-state index in [0.29, 0.717) is 19.6 Å². The molecule has 0 saturated carbocycles. The molecule has 1 saturated heterocycles. The Morgan fingerprint density at radius 3 is 2.77 bits per heavy atom. The third kappa shape index (κ3) is 5.71. The lowest BCUT2D eigenvalue weighted by Gasteiger charge is -2.22. The second kappa shape index (κ2) is 9.55. The number of aryl methyl sites for hydroxylation is 1. The summed E-state index contributed by atoms with van der Waals surface area (Å²) in [6, 6.07) is 14.1. The molecule has 1 aromatic carbocycles. The highest BCUT2D eigenvalue weighted by Crippen LogP contribution is 2.12. The predicted molar refractivity (Wildman–Crippen MR) is 101 cm³/mol. The first-order valence-corrected chi connectivity index (χ1v) is 9.40. The molecular formula is C21H28N2O3. The Labute approximate surface area is 155 Å². The van der Waals surface area contributed by atoms with E-state index in [2.05, 4.69) is 17.4 Å². The minimum absolute atomic E-state index is 0.0907. The summed E-state index contributed by atoms with van der Waals surface area (Å²) in [5.74, 6) is 1.78. The van der Waals surface area contributed by atoms with Gasteiger partial charge >= 0.3 is 0 Å². The molecule has 1 fully saturated rings. The fraction of sp³-hybridized carbons (Fsp3) is 0.476. The summed E-state index contributed by atoms with van der Waals surface area (Å²) in [7, 11) is 0. The van der Waals surface area contributed by atoms with Crippen LogP contribution in [-0.4, -0.2) is 43.2 Å². The maximum Gasteiger partial charge on any atom is 0.236 e. The van der Waals surface area contributed by atoms with Crippen LogP contribution in [0.3, 0.4) is 0 Å². The number of nitrogens with one attached hydrogen (secondary N) is 1. The summed E-state index contributed by atoms with van der Waals surface area (Å²) in [6.45, 7) is 4.99. The van der Waals surface area contributed by atoms with Crippen LogP contribution in [0.4, 0.5) is 0 Å². The Morgan fingerprint density at radius 1 is 1.23 bits per heavy atom. The van der Waals surface area contributed by atoms with Gasteiger partial charge in [-0.25, -0.2) is 0 Å². The molecule has 1 N–H and O–H groups in total. The summed E-state index contributed by atoms with van der Waals surface area (Å²) < 4.78 is 11.3. The lowest BCUT2D eigenvalue weighted by molar-refractivity contribution is -0.131. The topological polar surface area (TPSA) is 54.7 Å². The molecule has 5 nitrogen and oxygen atoms in total. The Bertz CT molecular complexity index is 678. The molecular weight excluding hydrogens is 328 g/mol. The first-order chi connectivity index (χ1) is 12.7. The maximum absolute atomic E-state index is 12.7. The number of amides is 1. The Kier molecular flexibility index (Phi) is 6.86. The summed E-state index contributed by atoms with van der Waals surface area (Å²) in [6.07, 6.45) is 3.26. The molecule has 1 unspecified atom stereocenters. The van der Waals surface area contributed by atoms with Crippen molar-refractivity contribution in [3.05, 3.63) is 59.5 Å². The lowest BCUT2D eigenvalue weighted by Crippen LogP contribution is -2.40. The molecule has 0 spiro atoms. The molecule has 5 heteroatoms. The van der Waals surface area contributed by atoms with Crippen molar-refractivity contribution in [1.29, 1.82) is 0 Å². The zero-order valence-electron chi connectivity index (χ0n) is 15.4. The van der Waals surface area contributed by atoms with Crippen LogP contribution in [-0.2, 0) is 22.5 Å². The number of nitrogens with zero attached hydrogens (tertiary/aromatic N) is 1. The van der Waals surface area contributed by atoms with Crippen LogP contribution in [0.15, 0.2) is 46.9 Å². The van der Waals surface area contributed by atoms with E-state index in [-0.39, 0.29) is 12.0 Å². The number of carbonyl (C=O) groups excluding carboxylic acids is 1. The van der Waals surface area contributed by atoms with Crippen molar-refractivity contribution in [3.8, 4) is 0 Å². The maximum atomic E-state index is 12.7. The molecule has 0 bridgehead atoms. The number of carbonyl (C=O) groups is 1. The molecule has 26 heavy (non-hydrogen) atoms. The van der Waals surface area contributed by atoms with E-state index in [0.717, 1.165) is 43.9 Å². The zero-order chi connectivity index (χ0) is 18.2. The average molecular weight is 356 g/mol.